The lowest BCUT2D eigenvalue weighted by Crippen LogP contribution is -2.02. The predicted octanol–water partition coefficient (Wildman–Crippen LogP) is 2.70. The number of nitrogens with zero attached hydrogens (tertiary/aromatic N) is 3. The van der Waals surface area contributed by atoms with Gasteiger partial charge in [-0.05, 0) is 24.5 Å². The maximum atomic E-state index is 9.02. The number of hydrogen-bond donors (Lipinski definition) is 1. The predicted molar refractivity (Wildman–Crippen MR) is 69.5 cm³/mol. The lowest BCUT2D eigenvalue weighted by Gasteiger charge is -2.03. The van der Waals surface area contributed by atoms with Gasteiger partial charge in [-0.15, -0.1) is 11.8 Å². The lowest BCUT2D eigenvalue weighted by atomic mass is 10.3. The summed E-state index contributed by atoms with van der Waals surface area (Å²) in [6.07, 6.45) is 1.85. The minimum atomic E-state index is 0.333. The normalized spacial score (nSPS) is 10.2. The zero-order chi connectivity index (χ0) is 12.4. The summed E-state index contributed by atoms with van der Waals surface area (Å²) in [5.41, 5.74) is 7.04. The highest BCUT2D eigenvalue weighted by Crippen LogP contribution is 2.27. The fourth-order valence-electron chi connectivity index (χ4n) is 1.46. The highest BCUT2D eigenvalue weighted by atomic mass is 35.5. The Bertz CT molecular complexity index is 600. The molecule has 0 saturated heterocycles. The van der Waals surface area contributed by atoms with Crippen molar-refractivity contribution in [2.24, 2.45) is 0 Å². The molecule has 0 aliphatic carbocycles. The Morgan fingerprint density at radius 2 is 2.29 bits per heavy atom. The molecule has 2 N–H and O–H groups in total. The van der Waals surface area contributed by atoms with E-state index >= 15 is 0 Å². The molecule has 6 heteroatoms. The van der Waals surface area contributed by atoms with Gasteiger partial charge in [0.15, 0.2) is 0 Å². The number of nitriles is 1. The summed E-state index contributed by atoms with van der Waals surface area (Å²) in [7, 11) is 0. The van der Waals surface area contributed by atoms with Crippen LogP contribution in [-0.2, 0) is 0 Å². The number of thioether (sulfide) groups is 1. The van der Waals surface area contributed by atoms with E-state index in [4.69, 9.17) is 22.6 Å². The van der Waals surface area contributed by atoms with Gasteiger partial charge < -0.3 is 5.73 Å². The third-order valence-electron chi connectivity index (χ3n) is 2.25. The Morgan fingerprint density at radius 1 is 1.53 bits per heavy atom. The second kappa shape index (κ2) is 4.70. The van der Waals surface area contributed by atoms with Crippen LogP contribution in [0.25, 0.3) is 5.69 Å². The quantitative estimate of drug-likeness (QED) is 0.847. The van der Waals surface area contributed by atoms with Crippen LogP contribution < -0.4 is 5.73 Å². The van der Waals surface area contributed by atoms with Crippen LogP contribution in [-0.4, -0.2) is 16.0 Å². The van der Waals surface area contributed by atoms with Crippen molar-refractivity contribution in [2.45, 2.75) is 5.03 Å². The van der Waals surface area contributed by atoms with Crippen LogP contribution in [0.5, 0.6) is 0 Å². The standard InChI is InChI=1S/C11H9ClN4S/c1-17-11-9(6-13)10(14)16(15-11)8-4-2-3-7(12)5-8/h2-5H,14H2,1H3. The van der Waals surface area contributed by atoms with Crippen molar-refractivity contribution in [1.82, 2.24) is 9.78 Å². The third-order valence-corrected chi connectivity index (χ3v) is 3.15. The molecule has 86 valence electrons. The highest BCUT2D eigenvalue weighted by molar-refractivity contribution is 7.98. The molecule has 1 heterocycles. The van der Waals surface area contributed by atoms with Gasteiger partial charge in [0.2, 0.25) is 0 Å². The largest absolute Gasteiger partial charge is 0.382 e. The summed E-state index contributed by atoms with van der Waals surface area (Å²) < 4.78 is 1.52. The zero-order valence-corrected chi connectivity index (χ0v) is 10.6. The summed E-state index contributed by atoms with van der Waals surface area (Å²) in [6.45, 7) is 0. The van der Waals surface area contributed by atoms with Crippen molar-refractivity contribution >= 4 is 29.2 Å². The Labute approximate surface area is 108 Å². The average molecular weight is 265 g/mol. The monoisotopic (exact) mass is 264 g/mol. The minimum absolute atomic E-state index is 0.333. The van der Waals surface area contributed by atoms with Crippen LogP contribution in [0, 0.1) is 11.3 Å². The molecule has 2 rings (SSSR count). The fraction of sp³-hybridized carbons (Fsp3) is 0.0909. The fourth-order valence-corrected chi connectivity index (χ4v) is 2.16. The second-order valence-corrected chi connectivity index (χ2v) is 4.50. The van der Waals surface area contributed by atoms with Crippen LogP contribution in [0.2, 0.25) is 5.02 Å². The van der Waals surface area contributed by atoms with E-state index in [0.717, 1.165) is 5.69 Å². The molecular weight excluding hydrogens is 256 g/mol. The molecule has 0 amide bonds. The topological polar surface area (TPSA) is 67.6 Å². The van der Waals surface area contributed by atoms with Crippen LogP contribution in [0.4, 0.5) is 5.82 Å². The van der Waals surface area contributed by atoms with E-state index in [1.165, 1.54) is 16.4 Å². The molecule has 0 unspecified atom stereocenters. The van der Waals surface area contributed by atoms with Crippen molar-refractivity contribution in [2.75, 3.05) is 12.0 Å². The Balaban J connectivity index is 2.61. The number of benzene rings is 1. The van der Waals surface area contributed by atoms with Gasteiger partial charge in [-0.2, -0.15) is 10.4 Å². The molecule has 17 heavy (non-hydrogen) atoms. The smallest absolute Gasteiger partial charge is 0.146 e. The van der Waals surface area contributed by atoms with E-state index in [1.54, 1.807) is 12.1 Å². The molecule has 0 atom stereocenters. The molecule has 0 fully saturated rings. The highest BCUT2D eigenvalue weighted by Gasteiger charge is 2.15. The summed E-state index contributed by atoms with van der Waals surface area (Å²) in [6, 6.07) is 9.22. The van der Waals surface area contributed by atoms with Crippen LogP contribution in [0.3, 0.4) is 0 Å². The summed E-state index contributed by atoms with van der Waals surface area (Å²) in [5, 5.41) is 14.5. The molecule has 2 aromatic rings. The number of anilines is 1. The van der Waals surface area contributed by atoms with E-state index < -0.39 is 0 Å². The Hall–Kier alpha value is -1.64. The molecular formula is C11H9ClN4S. The lowest BCUT2D eigenvalue weighted by molar-refractivity contribution is 0.846. The number of rotatable bonds is 2. The molecule has 0 spiro atoms. The van der Waals surface area contributed by atoms with Crippen molar-refractivity contribution in [3.63, 3.8) is 0 Å². The van der Waals surface area contributed by atoms with Gasteiger partial charge in [0.25, 0.3) is 0 Å². The zero-order valence-electron chi connectivity index (χ0n) is 9.01. The number of halogens is 1. The Morgan fingerprint density at radius 3 is 2.82 bits per heavy atom. The summed E-state index contributed by atoms with van der Waals surface area (Å²) >= 11 is 7.30. The average Bonchev–Trinajstić information content (AvgIpc) is 2.65. The molecule has 0 saturated carbocycles. The van der Waals surface area contributed by atoms with E-state index in [1.807, 2.05) is 18.4 Å². The van der Waals surface area contributed by atoms with Crippen molar-refractivity contribution in [3.05, 3.63) is 34.9 Å². The van der Waals surface area contributed by atoms with E-state index in [0.29, 0.717) is 21.4 Å². The van der Waals surface area contributed by atoms with Gasteiger partial charge in [0, 0.05) is 5.02 Å². The van der Waals surface area contributed by atoms with Gasteiger partial charge in [-0.25, -0.2) is 4.68 Å². The van der Waals surface area contributed by atoms with E-state index in [-0.39, 0.29) is 0 Å². The SMILES string of the molecule is CSc1nn(-c2cccc(Cl)c2)c(N)c1C#N. The van der Waals surface area contributed by atoms with Crippen molar-refractivity contribution in [1.29, 1.82) is 5.26 Å². The molecule has 0 radical (unpaired) electrons. The number of hydrogen-bond acceptors (Lipinski definition) is 4. The number of nitrogen functional groups attached to an aromatic ring is 1. The first-order valence-corrected chi connectivity index (χ1v) is 6.36. The summed E-state index contributed by atoms with van der Waals surface area (Å²) in [5.74, 6) is 0.333. The van der Waals surface area contributed by atoms with Crippen LogP contribution in [0.15, 0.2) is 29.3 Å². The van der Waals surface area contributed by atoms with Crippen molar-refractivity contribution < 1.29 is 0 Å². The number of nitrogens with two attached hydrogens (primary N) is 1. The van der Waals surface area contributed by atoms with Gasteiger partial charge in [-0.1, -0.05) is 17.7 Å². The molecule has 0 aliphatic heterocycles. The third kappa shape index (κ3) is 2.09. The Kier molecular flexibility index (Phi) is 3.27. The maximum absolute atomic E-state index is 9.02. The first kappa shape index (κ1) is 11.8. The van der Waals surface area contributed by atoms with E-state index in [2.05, 4.69) is 11.2 Å². The molecule has 4 nitrogen and oxygen atoms in total. The minimum Gasteiger partial charge on any atom is -0.382 e. The first-order chi connectivity index (χ1) is 8.17. The maximum Gasteiger partial charge on any atom is 0.146 e. The number of aromatic nitrogens is 2. The molecule has 0 bridgehead atoms. The molecule has 1 aromatic carbocycles. The molecule has 0 aliphatic rings. The second-order valence-electron chi connectivity index (χ2n) is 3.27. The van der Waals surface area contributed by atoms with Gasteiger partial charge in [-0.3, -0.25) is 0 Å². The molecule has 1 aromatic heterocycles. The van der Waals surface area contributed by atoms with Gasteiger partial charge in [0.1, 0.15) is 22.5 Å². The van der Waals surface area contributed by atoms with Crippen LogP contribution in [0.1, 0.15) is 5.56 Å². The van der Waals surface area contributed by atoms with Crippen LogP contribution >= 0.6 is 23.4 Å². The summed E-state index contributed by atoms with van der Waals surface area (Å²) in [4.78, 5) is 0. The van der Waals surface area contributed by atoms with E-state index in [9.17, 15) is 0 Å². The van der Waals surface area contributed by atoms with Gasteiger partial charge >= 0.3 is 0 Å². The first-order valence-electron chi connectivity index (χ1n) is 4.76. The van der Waals surface area contributed by atoms with Crippen molar-refractivity contribution in [3.8, 4) is 11.8 Å². The van der Waals surface area contributed by atoms with Gasteiger partial charge in [0.05, 0.1) is 5.69 Å².